The zero-order valence-corrected chi connectivity index (χ0v) is 12.5. The molecule has 0 saturated heterocycles. The fraction of sp³-hybridized carbons (Fsp3) is 0.333. The summed E-state index contributed by atoms with van der Waals surface area (Å²) in [6.07, 6.45) is 0. The van der Waals surface area contributed by atoms with E-state index >= 15 is 0 Å². The van der Waals surface area contributed by atoms with Gasteiger partial charge in [0.1, 0.15) is 0 Å². The van der Waals surface area contributed by atoms with Gasteiger partial charge in [-0.1, -0.05) is 39.8 Å². The van der Waals surface area contributed by atoms with Crippen molar-refractivity contribution in [1.29, 1.82) is 0 Å². The average Bonchev–Trinajstić information content (AvgIpc) is 2.73. The van der Waals surface area contributed by atoms with Crippen molar-refractivity contribution >= 4 is 27.7 Å². The number of benzene rings is 1. The molecule has 0 aliphatic heterocycles. The van der Waals surface area contributed by atoms with Crippen LogP contribution in [-0.2, 0) is 0 Å². The molecule has 2 N–H and O–H groups in total. The summed E-state index contributed by atoms with van der Waals surface area (Å²) in [4.78, 5) is 0. The molecule has 0 aliphatic carbocycles. The number of nitrogens with two attached hydrogens (primary N) is 1. The zero-order valence-electron chi connectivity index (χ0n) is 10.1. The molecule has 18 heavy (non-hydrogen) atoms. The quantitative estimate of drug-likeness (QED) is 0.872. The fourth-order valence-electron chi connectivity index (χ4n) is 1.57. The van der Waals surface area contributed by atoms with Gasteiger partial charge in [-0.2, -0.15) is 0 Å². The lowest BCUT2D eigenvalue weighted by Gasteiger charge is -2.18. The molecule has 0 aliphatic rings. The molecule has 96 valence electrons. The van der Waals surface area contributed by atoms with Crippen molar-refractivity contribution < 1.29 is 4.42 Å². The van der Waals surface area contributed by atoms with Gasteiger partial charge in [0.15, 0.2) is 0 Å². The maximum absolute atomic E-state index is 6.04. The van der Waals surface area contributed by atoms with Gasteiger partial charge in [0, 0.05) is 17.4 Å². The first-order valence-corrected chi connectivity index (χ1v) is 7.21. The van der Waals surface area contributed by atoms with Crippen molar-refractivity contribution in [3.8, 4) is 0 Å². The SMILES string of the molecule is Cc1nnc(SC(c2ccc(Br)cc2)C(C)N)o1. The lowest BCUT2D eigenvalue weighted by molar-refractivity contribution is 0.427. The molecule has 0 fully saturated rings. The van der Waals surface area contributed by atoms with Crippen LogP contribution in [0.4, 0.5) is 0 Å². The molecule has 2 unspecified atom stereocenters. The lowest BCUT2D eigenvalue weighted by atomic mass is 10.1. The van der Waals surface area contributed by atoms with E-state index < -0.39 is 0 Å². The molecule has 6 heteroatoms. The van der Waals surface area contributed by atoms with Gasteiger partial charge >= 0.3 is 0 Å². The highest BCUT2D eigenvalue weighted by atomic mass is 79.9. The highest BCUT2D eigenvalue weighted by Crippen LogP contribution is 2.36. The van der Waals surface area contributed by atoms with Crippen molar-refractivity contribution in [2.24, 2.45) is 5.73 Å². The van der Waals surface area contributed by atoms with E-state index in [-0.39, 0.29) is 11.3 Å². The summed E-state index contributed by atoms with van der Waals surface area (Å²) in [6.45, 7) is 3.75. The van der Waals surface area contributed by atoms with Crippen LogP contribution >= 0.6 is 27.7 Å². The first-order chi connectivity index (χ1) is 8.56. The highest BCUT2D eigenvalue weighted by Gasteiger charge is 2.20. The second kappa shape index (κ2) is 5.86. The number of aromatic nitrogens is 2. The summed E-state index contributed by atoms with van der Waals surface area (Å²) >= 11 is 4.92. The first kappa shape index (κ1) is 13.6. The topological polar surface area (TPSA) is 64.9 Å². The minimum Gasteiger partial charge on any atom is -0.416 e. The van der Waals surface area contributed by atoms with E-state index in [2.05, 4.69) is 26.1 Å². The molecule has 1 aromatic carbocycles. The van der Waals surface area contributed by atoms with Crippen LogP contribution in [0.2, 0.25) is 0 Å². The number of aryl methyl sites for hydroxylation is 1. The van der Waals surface area contributed by atoms with Crippen molar-refractivity contribution in [1.82, 2.24) is 10.2 Å². The highest BCUT2D eigenvalue weighted by molar-refractivity contribution is 9.10. The van der Waals surface area contributed by atoms with E-state index in [1.54, 1.807) is 6.92 Å². The van der Waals surface area contributed by atoms with Crippen molar-refractivity contribution in [3.05, 3.63) is 40.2 Å². The van der Waals surface area contributed by atoms with E-state index in [0.717, 1.165) is 10.0 Å². The van der Waals surface area contributed by atoms with E-state index in [4.69, 9.17) is 10.2 Å². The van der Waals surface area contributed by atoms with Gasteiger partial charge in [0.25, 0.3) is 5.22 Å². The number of hydrogen-bond acceptors (Lipinski definition) is 5. The third-order valence-electron chi connectivity index (χ3n) is 2.41. The standard InChI is InChI=1S/C12H14BrN3OS/c1-7(14)11(9-3-5-10(13)6-4-9)18-12-16-15-8(2)17-12/h3-7,11H,14H2,1-2H3. The Hall–Kier alpha value is -0.850. The normalized spacial score (nSPS) is 14.4. The van der Waals surface area contributed by atoms with E-state index in [0.29, 0.717) is 11.1 Å². The predicted octanol–water partition coefficient (Wildman–Crippen LogP) is 3.32. The molecule has 4 nitrogen and oxygen atoms in total. The van der Waals surface area contributed by atoms with Crippen LogP contribution in [-0.4, -0.2) is 16.2 Å². The molecule has 0 radical (unpaired) electrons. The molecular weight excluding hydrogens is 314 g/mol. The Kier molecular flexibility index (Phi) is 4.42. The van der Waals surface area contributed by atoms with Gasteiger partial charge in [-0.05, 0) is 24.6 Å². The maximum atomic E-state index is 6.04. The van der Waals surface area contributed by atoms with Crippen LogP contribution in [0.3, 0.4) is 0 Å². The van der Waals surface area contributed by atoms with Gasteiger partial charge in [-0.25, -0.2) is 0 Å². The van der Waals surface area contributed by atoms with Crippen LogP contribution in [0.5, 0.6) is 0 Å². The second-order valence-electron chi connectivity index (χ2n) is 4.04. The van der Waals surface area contributed by atoms with Crippen molar-refractivity contribution in [2.45, 2.75) is 30.4 Å². The predicted molar refractivity (Wildman–Crippen MR) is 75.4 cm³/mol. The Morgan fingerprint density at radius 1 is 1.28 bits per heavy atom. The van der Waals surface area contributed by atoms with Gasteiger partial charge in [-0.15, -0.1) is 10.2 Å². The van der Waals surface area contributed by atoms with Gasteiger partial charge in [0.2, 0.25) is 5.89 Å². The molecule has 0 bridgehead atoms. The maximum Gasteiger partial charge on any atom is 0.277 e. The van der Waals surface area contributed by atoms with Gasteiger partial charge in [0.05, 0.1) is 5.25 Å². The molecule has 2 atom stereocenters. The van der Waals surface area contributed by atoms with Crippen LogP contribution in [0.15, 0.2) is 38.4 Å². The number of thioether (sulfide) groups is 1. The molecule has 1 heterocycles. The largest absolute Gasteiger partial charge is 0.416 e. The molecule has 1 aromatic heterocycles. The average molecular weight is 328 g/mol. The molecular formula is C12H14BrN3OS. The Balaban J connectivity index is 2.20. The summed E-state index contributed by atoms with van der Waals surface area (Å²) in [6, 6.07) is 8.10. The Labute approximate surface area is 118 Å². The van der Waals surface area contributed by atoms with Gasteiger partial charge < -0.3 is 10.2 Å². The number of hydrogen-bond donors (Lipinski definition) is 1. The Morgan fingerprint density at radius 2 is 1.94 bits per heavy atom. The zero-order chi connectivity index (χ0) is 13.1. The number of halogens is 1. The van der Waals surface area contributed by atoms with Crippen LogP contribution in [0, 0.1) is 6.92 Å². The second-order valence-corrected chi connectivity index (χ2v) is 6.04. The minimum atomic E-state index is -0.0108. The summed E-state index contributed by atoms with van der Waals surface area (Å²) in [7, 11) is 0. The monoisotopic (exact) mass is 327 g/mol. The molecule has 0 spiro atoms. The first-order valence-electron chi connectivity index (χ1n) is 5.54. The number of rotatable bonds is 4. The Morgan fingerprint density at radius 3 is 2.44 bits per heavy atom. The third kappa shape index (κ3) is 3.34. The molecule has 2 rings (SSSR count). The van der Waals surface area contributed by atoms with Crippen LogP contribution < -0.4 is 5.73 Å². The smallest absolute Gasteiger partial charge is 0.277 e. The lowest BCUT2D eigenvalue weighted by Crippen LogP contribution is -2.22. The van der Waals surface area contributed by atoms with Crippen molar-refractivity contribution in [3.63, 3.8) is 0 Å². The van der Waals surface area contributed by atoms with E-state index in [1.165, 1.54) is 11.8 Å². The fourth-order valence-corrected chi connectivity index (χ4v) is 2.81. The summed E-state index contributed by atoms with van der Waals surface area (Å²) < 4.78 is 6.43. The van der Waals surface area contributed by atoms with E-state index in [1.807, 2.05) is 31.2 Å². The molecule has 0 saturated carbocycles. The van der Waals surface area contributed by atoms with Crippen molar-refractivity contribution in [2.75, 3.05) is 0 Å². The summed E-state index contributed by atoms with van der Waals surface area (Å²) in [5.41, 5.74) is 7.19. The molecule has 0 amide bonds. The number of nitrogens with zero attached hydrogens (tertiary/aromatic N) is 2. The molecule has 2 aromatic rings. The van der Waals surface area contributed by atoms with E-state index in [9.17, 15) is 0 Å². The van der Waals surface area contributed by atoms with Crippen LogP contribution in [0.1, 0.15) is 23.6 Å². The third-order valence-corrected chi connectivity index (χ3v) is 4.26. The summed E-state index contributed by atoms with van der Waals surface area (Å²) in [5.74, 6) is 0.566. The Bertz CT molecular complexity index is 512. The van der Waals surface area contributed by atoms with Gasteiger partial charge in [-0.3, -0.25) is 0 Å². The minimum absolute atomic E-state index is 0.0108. The summed E-state index contributed by atoms with van der Waals surface area (Å²) in [5, 5.41) is 8.46. The van der Waals surface area contributed by atoms with Crippen LogP contribution in [0.25, 0.3) is 0 Å².